The first-order valence-electron chi connectivity index (χ1n) is 7.88. The third-order valence-electron chi connectivity index (χ3n) is 4.15. The van der Waals surface area contributed by atoms with Crippen LogP contribution in [-0.4, -0.2) is 34.5 Å². The highest BCUT2D eigenvalue weighted by molar-refractivity contribution is 7.09. The van der Waals surface area contributed by atoms with Crippen molar-refractivity contribution in [3.05, 3.63) is 5.82 Å². The second-order valence-corrected chi connectivity index (χ2v) is 7.91. The maximum atomic E-state index is 4.81. The van der Waals surface area contributed by atoms with Gasteiger partial charge in [0.2, 0.25) is 5.13 Å². The van der Waals surface area contributed by atoms with Crippen molar-refractivity contribution in [3.63, 3.8) is 0 Å². The molecule has 1 saturated heterocycles. The van der Waals surface area contributed by atoms with Gasteiger partial charge < -0.3 is 10.2 Å². The molecule has 1 saturated carbocycles. The minimum absolute atomic E-state index is 0.0487. The van der Waals surface area contributed by atoms with Gasteiger partial charge in [0.05, 0.1) is 0 Å². The number of nitrogens with one attached hydrogen (secondary N) is 1. The fraction of sp³-hybridized carbons (Fsp3) is 0.867. The van der Waals surface area contributed by atoms with E-state index in [1.165, 1.54) is 38.6 Å². The highest BCUT2D eigenvalue weighted by Crippen LogP contribution is 2.34. The van der Waals surface area contributed by atoms with Gasteiger partial charge in [-0.15, -0.1) is 0 Å². The molecule has 1 aromatic heterocycles. The molecule has 20 heavy (non-hydrogen) atoms. The summed E-state index contributed by atoms with van der Waals surface area (Å²) in [6.07, 6.45) is 6.62. The fourth-order valence-electron chi connectivity index (χ4n) is 2.72. The number of nitrogens with zero attached hydrogens (tertiary/aromatic N) is 3. The highest BCUT2D eigenvalue weighted by atomic mass is 32.1. The van der Waals surface area contributed by atoms with E-state index in [-0.39, 0.29) is 5.41 Å². The van der Waals surface area contributed by atoms with Gasteiger partial charge in [0.25, 0.3) is 0 Å². The first-order valence-corrected chi connectivity index (χ1v) is 8.65. The van der Waals surface area contributed by atoms with Gasteiger partial charge in [0.1, 0.15) is 5.82 Å². The van der Waals surface area contributed by atoms with Gasteiger partial charge in [-0.25, -0.2) is 4.98 Å². The lowest BCUT2D eigenvalue weighted by Gasteiger charge is -2.30. The molecule has 1 N–H and O–H groups in total. The zero-order chi connectivity index (χ0) is 14.2. The number of rotatable bonds is 4. The van der Waals surface area contributed by atoms with Crippen molar-refractivity contribution in [3.8, 4) is 0 Å². The number of piperidine rings is 1. The molecule has 112 valence electrons. The summed E-state index contributed by atoms with van der Waals surface area (Å²) in [5.41, 5.74) is 0.0487. The smallest absolute Gasteiger partial charge is 0.205 e. The van der Waals surface area contributed by atoms with E-state index in [9.17, 15) is 0 Å². The number of hydrogen-bond acceptors (Lipinski definition) is 5. The van der Waals surface area contributed by atoms with Crippen molar-refractivity contribution in [2.45, 2.75) is 70.4 Å². The average Bonchev–Trinajstić information content (AvgIpc) is 3.12. The van der Waals surface area contributed by atoms with E-state index in [1.807, 2.05) is 0 Å². The Hall–Kier alpha value is -0.680. The summed E-state index contributed by atoms with van der Waals surface area (Å²) in [6, 6.07) is 1.34. The summed E-state index contributed by atoms with van der Waals surface area (Å²) < 4.78 is 4.58. The molecule has 2 aliphatic rings. The topological polar surface area (TPSA) is 41.1 Å². The summed E-state index contributed by atoms with van der Waals surface area (Å²) in [5, 5.41) is 4.78. The van der Waals surface area contributed by atoms with Crippen molar-refractivity contribution < 1.29 is 0 Å². The van der Waals surface area contributed by atoms with Crippen LogP contribution >= 0.6 is 11.5 Å². The largest absolute Gasteiger partial charge is 0.342 e. The predicted molar refractivity (Wildman–Crippen MR) is 84.6 cm³/mol. The van der Waals surface area contributed by atoms with E-state index >= 15 is 0 Å². The minimum atomic E-state index is 0.0487. The first kappa shape index (κ1) is 14.3. The molecule has 1 unspecified atom stereocenters. The Kier molecular flexibility index (Phi) is 4.00. The Labute approximate surface area is 126 Å². The summed E-state index contributed by atoms with van der Waals surface area (Å²) in [7, 11) is 0. The van der Waals surface area contributed by atoms with Crippen LogP contribution in [0.3, 0.4) is 0 Å². The number of aromatic nitrogens is 2. The second-order valence-electron chi connectivity index (χ2n) is 7.18. The van der Waals surface area contributed by atoms with Gasteiger partial charge in [-0.2, -0.15) is 4.37 Å². The number of hydrogen-bond donors (Lipinski definition) is 1. The quantitative estimate of drug-likeness (QED) is 0.927. The molecule has 0 aromatic carbocycles. The van der Waals surface area contributed by atoms with Gasteiger partial charge in [-0.3, -0.25) is 0 Å². The third-order valence-corrected chi connectivity index (χ3v) is 4.90. The first-order chi connectivity index (χ1) is 9.54. The van der Waals surface area contributed by atoms with E-state index < -0.39 is 0 Å². The molecule has 2 heterocycles. The Morgan fingerprint density at radius 3 is 2.60 bits per heavy atom. The van der Waals surface area contributed by atoms with Crippen LogP contribution in [0.25, 0.3) is 0 Å². The van der Waals surface area contributed by atoms with Crippen LogP contribution in [0.5, 0.6) is 0 Å². The predicted octanol–water partition coefficient (Wildman–Crippen LogP) is 2.95. The van der Waals surface area contributed by atoms with Gasteiger partial charge in [-0.05, 0) is 32.2 Å². The number of anilines is 1. The van der Waals surface area contributed by atoms with Gasteiger partial charge in [0, 0.05) is 35.6 Å². The molecule has 0 bridgehead atoms. The molecular formula is C15H26N4S. The van der Waals surface area contributed by atoms with Crippen LogP contribution in [0, 0.1) is 0 Å². The zero-order valence-corrected chi connectivity index (χ0v) is 13.7. The molecular weight excluding hydrogens is 268 g/mol. The molecule has 0 spiro atoms. The lowest BCUT2D eigenvalue weighted by Crippen LogP contribution is -2.44. The van der Waals surface area contributed by atoms with Crippen LogP contribution in [-0.2, 0) is 5.41 Å². The third kappa shape index (κ3) is 3.31. The summed E-state index contributed by atoms with van der Waals surface area (Å²) >= 11 is 1.58. The van der Waals surface area contributed by atoms with Crippen molar-refractivity contribution in [1.29, 1.82) is 0 Å². The molecule has 1 aromatic rings. The summed E-state index contributed by atoms with van der Waals surface area (Å²) in [5.74, 6) is 0.986. The van der Waals surface area contributed by atoms with Gasteiger partial charge in [-0.1, -0.05) is 27.2 Å². The lowest BCUT2D eigenvalue weighted by molar-refractivity contribution is 0.398. The molecule has 3 rings (SSSR count). The maximum Gasteiger partial charge on any atom is 0.205 e. The molecule has 5 heteroatoms. The van der Waals surface area contributed by atoms with Crippen molar-refractivity contribution in [1.82, 2.24) is 14.7 Å². The minimum Gasteiger partial charge on any atom is -0.342 e. The van der Waals surface area contributed by atoms with Crippen LogP contribution in [0.15, 0.2) is 0 Å². The van der Waals surface area contributed by atoms with Crippen LogP contribution in [0.2, 0.25) is 0 Å². The van der Waals surface area contributed by atoms with E-state index in [1.54, 1.807) is 11.5 Å². The van der Waals surface area contributed by atoms with E-state index in [0.29, 0.717) is 12.1 Å². The second kappa shape index (κ2) is 5.60. The van der Waals surface area contributed by atoms with Crippen molar-refractivity contribution in [2.75, 3.05) is 18.0 Å². The fourth-order valence-corrected chi connectivity index (χ4v) is 3.66. The van der Waals surface area contributed by atoms with Gasteiger partial charge >= 0.3 is 0 Å². The van der Waals surface area contributed by atoms with Crippen LogP contribution in [0.4, 0.5) is 5.13 Å². The van der Waals surface area contributed by atoms with Crippen molar-refractivity contribution >= 4 is 16.7 Å². The van der Waals surface area contributed by atoms with Crippen LogP contribution < -0.4 is 10.2 Å². The highest BCUT2D eigenvalue weighted by Gasteiger charge is 2.34. The summed E-state index contributed by atoms with van der Waals surface area (Å²) in [6.45, 7) is 8.82. The Morgan fingerprint density at radius 2 is 2.05 bits per heavy atom. The Bertz CT molecular complexity index is 441. The molecule has 0 radical (unpaired) electrons. The molecule has 1 aliphatic carbocycles. The molecule has 0 amide bonds. The Balaban J connectivity index is 1.71. The maximum absolute atomic E-state index is 4.81. The molecule has 1 atom stereocenters. The van der Waals surface area contributed by atoms with Gasteiger partial charge in [0.15, 0.2) is 0 Å². The lowest BCUT2D eigenvalue weighted by atomic mass is 9.96. The SMILES string of the molecule is CC(C)(C)c1nsc(N(CC2CCCCN2)C2CC2)n1. The monoisotopic (exact) mass is 294 g/mol. The van der Waals surface area contributed by atoms with Crippen LogP contribution in [0.1, 0.15) is 58.7 Å². The Morgan fingerprint density at radius 1 is 1.25 bits per heavy atom. The van der Waals surface area contributed by atoms with Crippen molar-refractivity contribution in [2.24, 2.45) is 0 Å². The standard InChI is InChI=1S/C15H26N4S/c1-15(2,3)13-17-14(20-18-13)19(12-7-8-12)10-11-6-4-5-9-16-11/h11-12,16H,4-10H2,1-3H3. The summed E-state index contributed by atoms with van der Waals surface area (Å²) in [4.78, 5) is 7.32. The normalized spacial score (nSPS) is 23.9. The van der Waals surface area contributed by atoms with E-state index in [2.05, 4.69) is 35.4 Å². The average molecular weight is 294 g/mol. The van der Waals surface area contributed by atoms with E-state index in [4.69, 9.17) is 4.98 Å². The molecule has 1 aliphatic heterocycles. The molecule has 2 fully saturated rings. The zero-order valence-electron chi connectivity index (χ0n) is 12.9. The van der Waals surface area contributed by atoms with E-state index in [0.717, 1.165) is 17.5 Å². The molecule has 4 nitrogen and oxygen atoms in total.